The SMILES string of the molecule is O=C1Nc2cccc(n2)-c2nncn2CC=CCCOc2ccc(Br)cc21. The van der Waals surface area contributed by atoms with Crippen LogP contribution in [0.25, 0.3) is 11.5 Å². The van der Waals surface area contributed by atoms with Gasteiger partial charge in [-0.25, -0.2) is 4.98 Å². The van der Waals surface area contributed by atoms with Crippen molar-refractivity contribution in [3.8, 4) is 17.3 Å². The first kappa shape index (κ1) is 17.4. The van der Waals surface area contributed by atoms with Gasteiger partial charge in [0.15, 0.2) is 5.82 Å². The summed E-state index contributed by atoms with van der Waals surface area (Å²) in [4.78, 5) is 17.3. The number of pyridine rings is 1. The summed E-state index contributed by atoms with van der Waals surface area (Å²) < 4.78 is 8.51. The fourth-order valence-electron chi connectivity index (χ4n) is 2.75. The van der Waals surface area contributed by atoms with Crippen molar-refractivity contribution in [2.45, 2.75) is 13.0 Å². The fourth-order valence-corrected chi connectivity index (χ4v) is 3.11. The molecule has 2 aromatic heterocycles. The van der Waals surface area contributed by atoms with Crippen LogP contribution in [0.5, 0.6) is 5.75 Å². The molecule has 4 rings (SSSR count). The number of carbonyl (C=O) groups is 1. The minimum absolute atomic E-state index is 0.289. The molecule has 0 spiro atoms. The van der Waals surface area contributed by atoms with Crippen LogP contribution in [0.4, 0.5) is 5.82 Å². The Labute approximate surface area is 164 Å². The zero-order chi connectivity index (χ0) is 18.6. The summed E-state index contributed by atoms with van der Waals surface area (Å²) in [6.07, 6.45) is 6.45. The van der Waals surface area contributed by atoms with Crippen LogP contribution in [-0.2, 0) is 6.54 Å². The maximum absolute atomic E-state index is 12.8. The predicted octanol–water partition coefficient (Wildman–Crippen LogP) is 3.69. The average molecular weight is 426 g/mol. The number of hydrogen-bond acceptors (Lipinski definition) is 5. The lowest BCUT2D eigenvalue weighted by Gasteiger charge is -2.12. The lowest BCUT2D eigenvalue weighted by atomic mass is 10.2. The molecular weight excluding hydrogens is 410 g/mol. The van der Waals surface area contributed by atoms with Gasteiger partial charge in [0, 0.05) is 11.0 Å². The molecule has 3 heterocycles. The molecule has 0 radical (unpaired) electrons. The van der Waals surface area contributed by atoms with E-state index in [2.05, 4.69) is 36.4 Å². The third-order valence-electron chi connectivity index (χ3n) is 4.03. The first-order chi connectivity index (χ1) is 13.2. The standard InChI is InChI=1S/C19H16BrN5O2/c20-13-7-8-16-14(11-13)19(26)23-17-6-4-5-15(22-17)18-24-21-12-25(18)9-2-1-3-10-27-16/h1-2,4-8,11-12H,3,9-10H2,(H,22,23,26). The molecule has 1 N–H and O–H groups in total. The number of halogens is 1. The molecule has 1 amide bonds. The Hall–Kier alpha value is -3.00. The molecule has 1 aliphatic heterocycles. The number of fused-ring (bicyclic) bond motifs is 5. The van der Waals surface area contributed by atoms with Gasteiger partial charge >= 0.3 is 0 Å². The first-order valence-corrected chi connectivity index (χ1v) is 9.24. The van der Waals surface area contributed by atoms with Crippen LogP contribution in [-0.4, -0.2) is 32.3 Å². The van der Waals surface area contributed by atoms with Gasteiger partial charge < -0.3 is 14.6 Å². The van der Waals surface area contributed by atoms with Crippen LogP contribution in [0.3, 0.4) is 0 Å². The number of carbonyl (C=O) groups excluding carboxylic acids is 1. The van der Waals surface area contributed by atoms with Crippen molar-refractivity contribution >= 4 is 27.7 Å². The van der Waals surface area contributed by atoms with Crippen LogP contribution in [0.1, 0.15) is 16.8 Å². The highest BCUT2D eigenvalue weighted by Gasteiger charge is 2.16. The zero-order valence-electron chi connectivity index (χ0n) is 14.3. The minimum atomic E-state index is -0.289. The monoisotopic (exact) mass is 425 g/mol. The van der Waals surface area contributed by atoms with Gasteiger partial charge in [-0.2, -0.15) is 0 Å². The van der Waals surface area contributed by atoms with E-state index in [0.717, 1.165) is 10.9 Å². The lowest BCUT2D eigenvalue weighted by molar-refractivity contribution is 0.102. The zero-order valence-corrected chi connectivity index (χ0v) is 15.9. The summed E-state index contributed by atoms with van der Waals surface area (Å²) in [6, 6.07) is 10.8. The number of nitrogens with one attached hydrogen (secondary N) is 1. The Bertz CT molecular complexity index is 1010. The molecule has 136 valence electrons. The second-order valence-corrected chi connectivity index (χ2v) is 6.83. The van der Waals surface area contributed by atoms with Crippen molar-refractivity contribution in [3.05, 3.63) is 64.9 Å². The maximum Gasteiger partial charge on any atom is 0.260 e. The van der Waals surface area contributed by atoms with Crippen molar-refractivity contribution in [1.82, 2.24) is 19.7 Å². The molecule has 0 saturated heterocycles. The van der Waals surface area contributed by atoms with E-state index in [1.807, 2.05) is 34.9 Å². The van der Waals surface area contributed by atoms with Crippen LogP contribution < -0.4 is 10.1 Å². The largest absolute Gasteiger partial charge is 0.492 e. The molecule has 1 aromatic carbocycles. The third-order valence-corrected chi connectivity index (χ3v) is 4.53. The van der Waals surface area contributed by atoms with Gasteiger partial charge in [0.05, 0.1) is 12.2 Å². The molecule has 0 aliphatic carbocycles. The van der Waals surface area contributed by atoms with Crippen LogP contribution >= 0.6 is 15.9 Å². The Balaban J connectivity index is 1.75. The van der Waals surface area contributed by atoms with Gasteiger partial charge in [0.25, 0.3) is 5.91 Å². The highest BCUT2D eigenvalue weighted by Crippen LogP contribution is 2.25. The Kier molecular flexibility index (Phi) is 4.97. The summed E-state index contributed by atoms with van der Waals surface area (Å²) in [5, 5.41) is 11.0. The number of benzene rings is 1. The highest BCUT2D eigenvalue weighted by atomic mass is 79.9. The minimum Gasteiger partial charge on any atom is -0.492 e. The summed E-state index contributed by atoms with van der Waals surface area (Å²) >= 11 is 3.41. The van der Waals surface area contributed by atoms with Crippen LogP contribution in [0.2, 0.25) is 0 Å². The molecule has 8 heteroatoms. The van der Waals surface area contributed by atoms with E-state index < -0.39 is 0 Å². The molecule has 1 aliphatic rings. The second kappa shape index (κ2) is 7.71. The van der Waals surface area contributed by atoms with E-state index in [-0.39, 0.29) is 5.91 Å². The van der Waals surface area contributed by atoms with E-state index >= 15 is 0 Å². The number of ether oxygens (including phenoxy) is 1. The molecule has 0 atom stereocenters. The molecule has 3 aromatic rings. The van der Waals surface area contributed by atoms with Crippen molar-refractivity contribution in [1.29, 1.82) is 0 Å². The fraction of sp³-hybridized carbons (Fsp3) is 0.158. The van der Waals surface area contributed by atoms with Crippen molar-refractivity contribution in [3.63, 3.8) is 0 Å². The van der Waals surface area contributed by atoms with Gasteiger partial charge in [-0.15, -0.1) is 10.2 Å². The molecule has 2 bridgehead atoms. The maximum atomic E-state index is 12.8. The van der Waals surface area contributed by atoms with Gasteiger partial charge in [-0.3, -0.25) is 4.79 Å². The van der Waals surface area contributed by atoms with Crippen molar-refractivity contribution < 1.29 is 9.53 Å². The van der Waals surface area contributed by atoms with Crippen molar-refractivity contribution in [2.24, 2.45) is 0 Å². The topological polar surface area (TPSA) is 81.9 Å². The average Bonchev–Trinajstić information content (AvgIpc) is 3.13. The van der Waals surface area contributed by atoms with Crippen LogP contribution in [0, 0.1) is 0 Å². The summed E-state index contributed by atoms with van der Waals surface area (Å²) in [5.41, 5.74) is 1.08. The normalized spacial score (nSPS) is 14.2. The van der Waals surface area contributed by atoms with E-state index in [4.69, 9.17) is 4.74 Å². The van der Waals surface area contributed by atoms with Gasteiger partial charge in [-0.05, 0) is 36.8 Å². The molecule has 27 heavy (non-hydrogen) atoms. The third kappa shape index (κ3) is 3.90. The predicted molar refractivity (Wildman–Crippen MR) is 105 cm³/mol. The van der Waals surface area contributed by atoms with Gasteiger partial charge in [0.2, 0.25) is 0 Å². The summed E-state index contributed by atoms with van der Waals surface area (Å²) in [5.74, 6) is 1.32. The highest BCUT2D eigenvalue weighted by molar-refractivity contribution is 9.10. The summed E-state index contributed by atoms with van der Waals surface area (Å²) in [7, 11) is 0. The number of amides is 1. The van der Waals surface area contributed by atoms with E-state index in [9.17, 15) is 4.79 Å². The second-order valence-electron chi connectivity index (χ2n) is 5.92. The molecule has 0 saturated carbocycles. The van der Waals surface area contributed by atoms with E-state index in [0.29, 0.717) is 41.8 Å². The number of allylic oxidation sites excluding steroid dienone is 1. The van der Waals surface area contributed by atoms with E-state index in [1.165, 1.54) is 0 Å². The van der Waals surface area contributed by atoms with Crippen molar-refractivity contribution in [2.75, 3.05) is 11.9 Å². The molecule has 0 fully saturated rings. The lowest BCUT2D eigenvalue weighted by Crippen LogP contribution is -2.15. The Morgan fingerprint density at radius 1 is 1.19 bits per heavy atom. The number of anilines is 1. The van der Waals surface area contributed by atoms with Gasteiger partial charge in [0.1, 0.15) is 23.6 Å². The Morgan fingerprint density at radius 3 is 3.04 bits per heavy atom. The number of aromatic nitrogens is 4. The number of rotatable bonds is 0. The van der Waals surface area contributed by atoms with E-state index in [1.54, 1.807) is 24.5 Å². The van der Waals surface area contributed by atoms with Gasteiger partial charge in [-0.1, -0.05) is 34.1 Å². The number of hydrogen-bond donors (Lipinski definition) is 1. The Morgan fingerprint density at radius 2 is 2.11 bits per heavy atom. The molecular formula is C19H16BrN5O2. The van der Waals surface area contributed by atoms with Crippen LogP contribution in [0.15, 0.2) is 59.4 Å². The quantitative estimate of drug-likeness (QED) is 0.555. The summed E-state index contributed by atoms with van der Waals surface area (Å²) in [6.45, 7) is 1.10. The molecule has 7 nitrogen and oxygen atoms in total. The number of nitrogens with zero attached hydrogens (tertiary/aromatic N) is 4. The smallest absolute Gasteiger partial charge is 0.260 e. The molecule has 0 unspecified atom stereocenters. The first-order valence-electron chi connectivity index (χ1n) is 8.44.